The highest BCUT2D eigenvalue weighted by Gasteiger charge is 2.19. The average Bonchev–Trinajstić information content (AvgIpc) is 2.61. The molecule has 0 N–H and O–H groups in total. The number of rotatable bonds is 1. The van der Waals surface area contributed by atoms with E-state index < -0.39 is 0 Å². The van der Waals surface area contributed by atoms with E-state index in [1.54, 1.807) is 0 Å². The van der Waals surface area contributed by atoms with Gasteiger partial charge in [-0.05, 0) is 42.5 Å². The van der Waals surface area contributed by atoms with E-state index in [0.29, 0.717) is 5.92 Å². The van der Waals surface area contributed by atoms with Crippen molar-refractivity contribution in [2.45, 2.75) is 31.6 Å². The molecule has 0 heterocycles. The van der Waals surface area contributed by atoms with Crippen LogP contribution in [0.5, 0.6) is 0 Å². The maximum atomic E-state index is 6.16. The van der Waals surface area contributed by atoms with Gasteiger partial charge in [0.2, 0.25) is 0 Å². The Morgan fingerprint density at radius 2 is 1.92 bits per heavy atom. The fourth-order valence-corrected chi connectivity index (χ4v) is 2.71. The van der Waals surface area contributed by atoms with Gasteiger partial charge in [0.25, 0.3) is 0 Å². The molecule has 0 radical (unpaired) electrons. The molecule has 0 saturated heterocycles. The van der Waals surface area contributed by atoms with Crippen LogP contribution in [0.4, 0.5) is 0 Å². The van der Waals surface area contributed by atoms with Crippen LogP contribution in [0, 0.1) is 0 Å². The molecule has 1 fully saturated rings. The Morgan fingerprint density at radius 3 is 2.62 bits per heavy atom. The topological polar surface area (TPSA) is 0 Å². The fraction of sp³-hybridized carbons (Fsp3) is 0.455. The Balaban J connectivity index is 2.32. The van der Waals surface area contributed by atoms with Crippen LogP contribution in [0.1, 0.15) is 37.2 Å². The van der Waals surface area contributed by atoms with Gasteiger partial charge in [-0.15, -0.1) is 0 Å². The van der Waals surface area contributed by atoms with Crippen LogP contribution in [0.2, 0.25) is 5.02 Å². The lowest BCUT2D eigenvalue weighted by Crippen LogP contribution is -1.92. The third-order valence-corrected chi connectivity index (χ3v) is 3.59. The lowest BCUT2D eigenvalue weighted by Gasteiger charge is -2.11. The van der Waals surface area contributed by atoms with Crippen molar-refractivity contribution < 1.29 is 0 Å². The summed E-state index contributed by atoms with van der Waals surface area (Å²) in [5.41, 5.74) is 1.33. The van der Waals surface area contributed by atoms with Gasteiger partial charge in [-0.1, -0.05) is 40.4 Å². The van der Waals surface area contributed by atoms with Crippen LogP contribution >= 0.6 is 27.5 Å². The van der Waals surface area contributed by atoms with Gasteiger partial charge < -0.3 is 0 Å². The zero-order chi connectivity index (χ0) is 9.26. The van der Waals surface area contributed by atoms with E-state index >= 15 is 0 Å². The first-order valence-electron chi connectivity index (χ1n) is 4.72. The largest absolute Gasteiger partial charge is 0.0840 e. The van der Waals surface area contributed by atoms with Crippen LogP contribution < -0.4 is 0 Å². The average molecular weight is 260 g/mol. The number of halogens is 2. The van der Waals surface area contributed by atoms with Gasteiger partial charge >= 0.3 is 0 Å². The Kier molecular flexibility index (Phi) is 2.95. The van der Waals surface area contributed by atoms with Crippen LogP contribution in [-0.4, -0.2) is 0 Å². The van der Waals surface area contributed by atoms with E-state index in [0.717, 1.165) is 9.50 Å². The molecule has 0 aliphatic heterocycles. The summed E-state index contributed by atoms with van der Waals surface area (Å²) in [5, 5.41) is 0.926. The first kappa shape index (κ1) is 9.54. The predicted molar refractivity (Wildman–Crippen MR) is 60.4 cm³/mol. The van der Waals surface area contributed by atoms with Gasteiger partial charge in [0, 0.05) is 9.50 Å². The van der Waals surface area contributed by atoms with Crippen molar-refractivity contribution in [3.05, 3.63) is 33.3 Å². The Hall–Kier alpha value is -0.0100. The van der Waals surface area contributed by atoms with Gasteiger partial charge in [-0.3, -0.25) is 0 Å². The van der Waals surface area contributed by atoms with E-state index in [-0.39, 0.29) is 0 Å². The predicted octanol–water partition coefficient (Wildman–Crippen LogP) is 4.76. The molecule has 2 heteroatoms. The quantitative estimate of drug-likeness (QED) is 0.682. The maximum absolute atomic E-state index is 6.16. The smallest absolute Gasteiger partial charge is 0.0441 e. The first-order chi connectivity index (χ1) is 6.27. The van der Waals surface area contributed by atoms with Gasteiger partial charge in [0.1, 0.15) is 0 Å². The summed E-state index contributed by atoms with van der Waals surface area (Å²) >= 11 is 9.64. The summed E-state index contributed by atoms with van der Waals surface area (Å²) < 4.78 is 1.14. The van der Waals surface area contributed by atoms with Crippen molar-refractivity contribution >= 4 is 27.5 Å². The Morgan fingerprint density at radius 1 is 1.23 bits per heavy atom. The van der Waals surface area contributed by atoms with E-state index in [2.05, 4.69) is 22.0 Å². The minimum absolute atomic E-state index is 0.699. The van der Waals surface area contributed by atoms with Gasteiger partial charge in [0.15, 0.2) is 0 Å². The van der Waals surface area contributed by atoms with Crippen LogP contribution in [0.15, 0.2) is 22.7 Å². The molecule has 1 aliphatic rings. The summed E-state index contributed by atoms with van der Waals surface area (Å²) in [6.07, 6.45) is 5.31. The zero-order valence-electron chi connectivity index (χ0n) is 7.39. The lowest BCUT2D eigenvalue weighted by atomic mass is 9.98. The normalized spacial score (nSPS) is 18.0. The van der Waals surface area contributed by atoms with Crippen molar-refractivity contribution in [3.8, 4) is 0 Å². The number of hydrogen-bond acceptors (Lipinski definition) is 0. The zero-order valence-corrected chi connectivity index (χ0v) is 9.74. The Bertz CT molecular complexity index is 303. The maximum Gasteiger partial charge on any atom is 0.0441 e. The van der Waals surface area contributed by atoms with Crippen molar-refractivity contribution in [3.63, 3.8) is 0 Å². The molecule has 2 rings (SSSR count). The van der Waals surface area contributed by atoms with E-state index in [1.807, 2.05) is 12.1 Å². The van der Waals surface area contributed by atoms with Gasteiger partial charge in [-0.25, -0.2) is 0 Å². The Labute approximate surface area is 92.4 Å². The highest BCUT2D eigenvalue weighted by atomic mass is 79.9. The second kappa shape index (κ2) is 4.02. The molecule has 0 amide bonds. The van der Waals surface area contributed by atoms with Crippen LogP contribution in [0.3, 0.4) is 0 Å². The molecule has 0 spiro atoms. The van der Waals surface area contributed by atoms with Gasteiger partial charge in [0.05, 0.1) is 0 Å². The van der Waals surface area contributed by atoms with Crippen molar-refractivity contribution in [1.29, 1.82) is 0 Å². The number of hydrogen-bond donors (Lipinski definition) is 0. The highest BCUT2D eigenvalue weighted by Crippen LogP contribution is 2.38. The summed E-state index contributed by atoms with van der Waals surface area (Å²) in [7, 11) is 0. The minimum atomic E-state index is 0.699. The molecule has 0 nitrogen and oxygen atoms in total. The molecule has 0 aromatic heterocycles. The second-order valence-corrected chi connectivity index (χ2v) is 4.97. The van der Waals surface area contributed by atoms with Crippen LogP contribution in [-0.2, 0) is 0 Å². The third kappa shape index (κ3) is 2.08. The molecule has 70 valence electrons. The lowest BCUT2D eigenvalue weighted by molar-refractivity contribution is 0.723. The van der Waals surface area contributed by atoms with Crippen LogP contribution in [0.25, 0.3) is 0 Å². The molecule has 13 heavy (non-hydrogen) atoms. The molecule has 0 unspecified atom stereocenters. The SMILES string of the molecule is Clc1ccc(Br)cc1C1CCCC1. The third-order valence-electron chi connectivity index (χ3n) is 2.75. The molecule has 0 atom stereocenters. The molecular formula is C11H12BrCl. The summed E-state index contributed by atoms with van der Waals surface area (Å²) in [4.78, 5) is 0. The number of benzene rings is 1. The van der Waals surface area contributed by atoms with Crippen molar-refractivity contribution in [1.82, 2.24) is 0 Å². The van der Waals surface area contributed by atoms with E-state index in [9.17, 15) is 0 Å². The second-order valence-electron chi connectivity index (χ2n) is 3.65. The van der Waals surface area contributed by atoms with Crippen molar-refractivity contribution in [2.75, 3.05) is 0 Å². The molecule has 1 aromatic rings. The monoisotopic (exact) mass is 258 g/mol. The summed E-state index contributed by atoms with van der Waals surface area (Å²) in [5.74, 6) is 0.699. The molecule has 1 aliphatic carbocycles. The standard InChI is InChI=1S/C11H12BrCl/c12-9-5-6-11(13)10(7-9)8-3-1-2-4-8/h5-8H,1-4H2. The minimum Gasteiger partial charge on any atom is -0.0840 e. The molecular weight excluding hydrogens is 247 g/mol. The summed E-state index contributed by atoms with van der Waals surface area (Å²) in [6, 6.07) is 6.15. The summed E-state index contributed by atoms with van der Waals surface area (Å²) in [6.45, 7) is 0. The molecule has 1 saturated carbocycles. The van der Waals surface area contributed by atoms with Gasteiger partial charge in [-0.2, -0.15) is 0 Å². The fourth-order valence-electron chi connectivity index (χ4n) is 2.06. The molecule has 0 bridgehead atoms. The van der Waals surface area contributed by atoms with E-state index in [1.165, 1.54) is 31.2 Å². The van der Waals surface area contributed by atoms with Crippen molar-refractivity contribution in [2.24, 2.45) is 0 Å². The van der Waals surface area contributed by atoms with E-state index in [4.69, 9.17) is 11.6 Å². The molecule has 1 aromatic carbocycles. The first-order valence-corrected chi connectivity index (χ1v) is 5.89. The highest BCUT2D eigenvalue weighted by molar-refractivity contribution is 9.10.